The molecule has 0 atom stereocenters. The number of hydrogen-bond donors (Lipinski definition) is 0. The molecule has 1 aromatic carbocycles. The molecule has 1 saturated carbocycles. The Labute approximate surface area is 103 Å². The van der Waals surface area contributed by atoms with Crippen molar-refractivity contribution >= 4 is 21.9 Å². The summed E-state index contributed by atoms with van der Waals surface area (Å²) in [5.74, 6) is 0.0370. The number of esters is 1. The Morgan fingerprint density at radius 2 is 2.12 bits per heavy atom. The van der Waals surface area contributed by atoms with Gasteiger partial charge in [0.1, 0.15) is 5.82 Å². The average Bonchev–Trinajstić information content (AvgIpc) is 3.07. The van der Waals surface area contributed by atoms with Crippen molar-refractivity contribution in [3.8, 4) is 0 Å². The molecule has 0 amide bonds. The summed E-state index contributed by atoms with van der Waals surface area (Å²) in [7, 11) is 0. The molecule has 1 aromatic rings. The number of ether oxygens (including phenoxy) is 1. The van der Waals surface area contributed by atoms with Crippen LogP contribution in [-0.2, 0) is 9.53 Å². The zero-order valence-corrected chi connectivity index (χ0v) is 10.7. The zero-order chi connectivity index (χ0) is 12.0. The number of halogens is 2. The van der Waals surface area contributed by atoms with Gasteiger partial charge in [-0.3, -0.25) is 4.79 Å². The Morgan fingerprint density at radius 1 is 1.50 bits per heavy atom. The predicted molar refractivity (Wildman–Crippen MR) is 63.5 cm³/mol. The van der Waals surface area contributed by atoms with Gasteiger partial charge in [-0.15, -0.1) is 0 Å². The quantitative estimate of drug-likeness (QED) is 0.778. The second-order valence-corrected chi connectivity index (χ2v) is 4.29. The van der Waals surface area contributed by atoms with Crippen LogP contribution in [0.4, 0.5) is 4.39 Å². The van der Waals surface area contributed by atoms with Crippen molar-refractivity contribution in [1.29, 1.82) is 0 Å². The number of benzene rings is 1. The number of rotatable bonds is 2. The van der Waals surface area contributed by atoms with E-state index in [-0.39, 0.29) is 17.7 Å². The lowest BCUT2D eigenvalue weighted by Crippen LogP contribution is -2.04. The molecule has 2 nitrogen and oxygen atoms in total. The molecule has 0 saturated heterocycles. The molecule has 0 heterocycles. The topological polar surface area (TPSA) is 26.3 Å². The van der Waals surface area contributed by atoms with E-state index in [0.29, 0.717) is 11.1 Å². The third-order valence-electron chi connectivity index (χ3n) is 2.02. The number of carbonyl (C=O) groups is 1. The van der Waals surface area contributed by atoms with Gasteiger partial charge in [-0.1, -0.05) is 12.1 Å². The lowest BCUT2D eigenvalue weighted by atomic mass is 10.4. The molecule has 4 heteroatoms. The summed E-state index contributed by atoms with van der Waals surface area (Å²) in [5, 5.41) is 0. The van der Waals surface area contributed by atoms with Crippen molar-refractivity contribution in [3.05, 3.63) is 34.6 Å². The molecular weight excluding hydrogens is 275 g/mol. The number of hydrogen-bond acceptors (Lipinski definition) is 2. The molecule has 0 N–H and O–H groups in total. The summed E-state index contributed by atoms with van der Waals surface area (Å²) >= 11 is 3.02. The summed E-state index contributed by atoms with van der Waals surface area (Å²) in [6.45, 7) is 2.36. The minimum Gasteiger partial charge on any atom is -0.466 e. The molecule has 0 aromatic heterocycles. The second-order valence-electron chi connectivity index (χ2n) is 3.44. The van der Waals surface area contributed by atoms with Crippen LogP contribution in [0.1, 0.15) is 19.8 Å². The van der Waals surface area contributed by atoms with Gasteiger partial charge >= 0.3 is 5.97 Å². The highest BCUT2D eigenvalue weighted by molar-refractivity contribution is 9.10. The molecule has 0 radical (unpaired) electrons. The first-order valence-corrected chi connectivity index (χ1v) is 6.01. The smallest absolute Gasteiger partial charge is 0.308 e. The van der Waals surface area contributed by atoms with E-state index in [2.05, 4.69) is 15.9 Å². The fourth-order valence-electron chi connectivity index (χ4n) is 1.02. The van der Waals surface area contributed by atoms with Gasteiger partial charge < -0.3 is 4.74 Å². The van der Waals surface area contributed by atoms with Crippen LogP contribution in [0.5, 0.6) is 0 Å². The van der Waals surface area contributed by atoms with Crippen molar-refractivity contribution in [2.45, 2.75) is 19.8 Å². The van der Waals surface area contributed by atoms with Gasteiger partial charge in [0, 0.05) is 0 Å². The molecule has 0 bridgehead atoms. The molecule has 1 aliphatic carbocycles. The predicted octanol–water partition coefficient (Wildman–Crippen LogP) is 3.55. The van der Waals surface area contributed by atoms with Gasteiger partial charge in [0.15, 0.2) is 0 Å². The Kier molecular flexibility index (Phi) is 5.46. The van der Waals surface area contributed by atoms with Crippen molar-refractivity contribution < 1.29 is 13.9 Å². The van der Waals surface area contributed by atoms with Crippen LogP contribution in [0.3, 0.4) is 0 Å². The minimum atomic E-state index is -0.215. The van der Waals surface area contributed by atoms with Gasteiger partial charge in [-0.2, -0.15) is 0 Å². The molecule has 0 unspecified atom stereocenters. The first kappa shape index (κ1) is 13.2. The molecule has 88 valence electrons. The van der Waals surface area contributed by atoms with E-state index < -0.39 is 0 Å². The van der Waals surface area contributed by atoms with E-state index in [4.69, 9.17) is 4.74 Å². The molecule has 16 heavy (non-hydrogen) atoms. The van der Waals surface area contributed by atoms with Crippen LogP contribution in [0, 0.1) is 11.7 Å². The molecule has 0 aliphatic heterocycles. The summed E-state index contributed by atoms with van der Waals surface area (Å²) in [4.78, 5) is 10.6. The lowest BCUT2D eigenvalue weighted by Gasteiger charge is -1.95. The highest BCUT2D eigenvalue weighted by Crippen LogP contribution is 2.29. The Bertz CT molecular complexity index is 330. The van der Waals surface area contributed by atoms with E-state index in [9.17, 15) is 9.18 Å². The molecular formula is C12H14BrFO2. The van der Waals surface area contributed by atoms with Gasteiger partial charge in [0.05, 0.1) is 17.0 Å². The average molecular weight is 289 g/mol. The van der Waals surface area contributed by atoms with Crippen molar-refractivity contribution in [2.24, 2.45) is 5.92 Å². The summed E-state index contributed by atoms with van der Waals surface area (Å²) in [5.41, 5.74) is 0. The molecule has 2 rings (SSSR count). The van der Waals surface area contributed by atoms with Crippen LogP contribution < -0.4 is 0 Å². The SMILES string of the molecule is CCOC(=O)C1CC1.Fc1ccccc1Br. The van der Waals surface area contributed by atoms with Crippen LogP contribution in [0.15, 0.2) is 28.7 Å². The van der Waals surface area contributed by atoms with E-state index in [1.165, 1.54) is 6.07 Å². The number of carbonyl (C=O) groups excluding carboxylic acids is 1. The maximum absolute atomic E-state index is 12.3. The summed E-state index contributed by atoms with van der Waals surface area (Å²) < 4.78 is 17.5. The fraction of sp³-hybridized carbons (Fsp3) is 0.417. The highest BCUT2D eigenvalue weighted by atomic mass is 79.9. The van der Waals surface area contributed by atoms with Crippen LogP contribution in [0.2, 0.25) is 0 Å². The van der Waals surface area contributed by atoms with Crippen LogP contribution in [0.25, 0.3) is 0 Å². The Balaban J connectivity index is 0.000000160. The van der Waals surface area contributed by atoms with Crippen LogP contribution >= 0.6 is 15.9 Å². The van der Waals surface area contributed by atoms with E-state index in [0.717, 1.165) is 12.8 Å². The zero-order valence-electron chi connectivity index (χ0n) is 9.08. The van der Waals surface area contributed by atoms with E-state index in [1.807, 2.05) is 6.92 Å². The van der Waals surface area contributed by atoms with Crippen molar-refractivity contribution in [2.75, 3.05) is 6.61 Å². The van der Waals surface area contributed by atoms with Crippen LogP contribution in [-0.4, -0.2) is 12.6 Å². The first-order valence-electron chi connectivity index (χ1n) is 5.21. The minimum absolute atomic E-state index is 0.00694. The lowest BCUT2D eigenvalue weighted by molar-refractivity contribution is -0.144. The van der Waals surface area contributed by atoms with E-state index in [1.54, 1.807) is 18.2 Å². The third kappa shape index (κ3) is 4.75. The summed E-state index contributed by atoms with van der Waals surface area (Å²) in [6, 6.07) is 6.49. The second kappa shape index (κ2) is 6.63. The van der Waals surface area contributed by atoms with Gasteiger partial charge in [-0.05, 0) is 47.8 Å². The largest absolute Gasteiger partial charge is 0.466 e. The Morgan fingerprint density at radius 3 is 2.50 bits per heavy atom. The summed E-state index contributed by atoms with van der Waals surface area (Å²) in [6.07, 6.45) is 2.08. The van der Waals surface area contributed by atoms with Crippen molar-refractivity contribution in [1.82, 2.24) is 0 Å². The van der Waals surface area contributed by atoms with E-state index >= 15 is 0 Å². The highest BCUT2D eigenvalue weighted by Gasteiger charge is 2.30. The first-order chi connectivity index (χ1) is 7.65. The maximum atomic E-state index is 12.3. The molecule has 0 spiro atoms. The molecule has 1 aliphatic rings. The van der Waals surface area contributed by atoms with Gasteiger partial charge in [0.2, 0.25) is 0 Å². The van der Waals surface area contributed by atoms with Gasteiger partial charge in [-0.25, -0.2) is 4.39 Å². The normalized spacial score (nSPS) is 13.7. The maximum Gasteiger partial charge on any atom is 0.308 e. The molecule has 1 fully saturated rings. The standard InChI is InChI=1S/C6H4BrF.C6H10O2/c7-5-3-1-2-4-6(5)8;1-2-8-6(7)5-3-4-5/h1-4H;5H,2-4H2,1H3. The monoisotopic (exact) mass is 288 g/mol. The Hall–Kier alpha value is -0.900. The third-order valence-corrected chi connectivity index (χ3v) is 2.66. The van der Waals surface area contributed by atoms with Crippen molar-refractivity contribution in [3.63, 3.8) is 0 Å². The van der Waals surface area contributed by atoms with Gasteiger partial charge in [0.25, 0.3) is 0 Å². The fourth-order valence-corrected chi connectivity index (χ4v) is 1.30.